The van der Waals surface area contributed by atoms with Gasteiger partial charge >= 0.3 is 0 Å². The number of sulfone groups is 1. The van der Waals surface area contributed by atoms with Crippen molar-refractivity contribution in [2.75, 3.05) is 18.6 Å². The van der Waals surface area contributed by atoms with E-state index >= 15 is 0 Å². The van der Waals surface area contributed by atoms with Crippen LogP contribution in [0.2, 0.25) is 0 Å². The molecule has 1 fully saturated rings. The van der Waals surface area contributed by atoms with Gasteiger partial charge in [0.25, 0.3) is 0 Å². The molecule has 1 aliphatic rings. The summed E-state index contributed by atoms with van der Waals surface area (Å²) in [4.78, 5) is 4.43. The van der Waals surface area contributed by atoms with Crippen LogP contribution in [0.25, 0.3) is 0 Å². The summed E-state index contributed by atoms with van der Waals surface area (Å²) >= 11 is 0. The van der Waals surface area contributed by atoms with E-state index in [1.54, 1.807) is 13.3 Å². The predicted octanol–water partition coefficient (Wildman–Crippen LogP) is 1.69. The Hall–Kier alpha value is -1.36. The zero-order chi connectivity index (χ0) is 13.2. The number of benzene rings is 1. The van der Waals surface area contributed by atoms with Gasteiger partial charge in [0.2, 0.25) is 0 Å². The van der Waals surface area contributed by atoms with Crippen molar-refractivity contribution in [3.05, 3.63) is 29.8 Å². The molecule has 1 aromatic carbocycles. The third-order valence-electron chi connectivity index (χ3n) is 3.12. The van der Waals surface area contributed by atoms with E-state index in [0.29, 0.717) is 6.42 Å². The smallest absolute Gasteiger partial charge is 0.152 e. The second kappa shape index (κ2) is 4.72. The average molecular weight is 267 g/mol. The first-order valence-corrected chi connectivity index (χ1v) is 7.64. The SMILES string of the molecule is COc1ccc(C=N[C@@]2(C)CCS(=O)(=O)C2)cc1. The minimum absolute atomic E-state index is 0.145. The van der Waals surface area contributed by atoms with Crippen molar-refractivity contribution in [1.29, 1.82) is 0 Å². The monoisotopic (exact) mass is 267 g/mol. The fourth-order valence-corrected chi connectivity index (χ4v) is 4.08. The molecule has 4 nitrogen and oxygen atoms in total. The Morgan fingerprint density at radius 2 is 2.00 bits per heavy atom. The average Bonchev–Trinajstić information content (AvgIpc) is 2.62. The maximum Gasteiger partial charge on any atom is 0.152 e. The number of aliphatic imine (C=N–C) groups is 1. The molecule has 0 amide bonds. The normalized spacial score (nSPS) is 26.6. The third kappa shape index (κ3) is 3.10. The minimum Gasteiger partial charge on any atom is -0.497 e. The quantitative estimate of drug-likeness (QED) is 0.783. The highest BCUT2D eigenvalue weighted by atomic mass is 32.2. The Morgan fingerprint density at radius 3 is 2.50 bits per heavy atom. The van der Waals surface area contributed by atoms with E-state index in [1.807, 2.05) is 31.2 Å². The molecule has 1 aliphatic heterocycles. The fourth-order valence-electron chi connectivity index (χ4n) is 2.02. The summed E-state index contributed by atoms with van der Waals surface area (Å²) in [7, 11) is -1.28. The molecule has 98 valence electrons. The van der Waals surface area contributed by atoms with E-state index in [1.165, 1.54) is 0 Å². The van der Waals surface area contributed by atoms with Crippen LogP contribution in [0.1, 0.15) is 18.9 Å². The Bertz CT molecular complexity index is 548. The first-order chi connectivity index (χ1) is 8.42. The van der Waals surface area contributed by atoms with Gasteiger partial charge in [-0.25, -0.2) is 8.42 Å². The van der Waals surface area contributed by atoms with Crippen LogP contribution < -0.4 is 4.74 Å². The number of hydrogen-bond donors (Lipinski definition) is 0. The number of ether oxygens (including phenoxy) is 1. The zero-order valence-corrected chi connectivity index (χ0v) is 11.4. The van der Waals surface area contributed by atoms with Crippen molar-refractivity contribution in [3.8, 4) is 5.75 Å². The van der Waals surface area contributed by atoms with Gasteiger partial charge in [-0.15, -0.1) is 0 Å². The molecular weight excluding hydrogens is 250 g/mol. The maximum atomic E-state index is 11.5. The number of hydrogen-bond acceptors (Lipinski definition) is 4. The molecule has 0 saturated carbocycles. The summed E-state index contributed by atoms with van der Waals surface area (Å²) in [6.07, 6.45) is 2.34. The van der Waals surface area contributed by atoms with Crippen LogP contribution >= 0.6 is 0 Å². The van der Waals surface area contributed by atoms with Crippen LogP contribution in [0.5, 0.6) is 5.75 Å². The van der Waals surface area contributed by atoms with Crippen molar-refractivity contribution >= 4 is 16.1 Å². The Morgan fingerprint density at radius 1 is 1.33 bits per heavy atom. The van der Waals surface area contributed by atoms with Gasteiger partial charge in [0, 0.05) is 6.21 Å². The van der Waals surface area contributed by atoms with Gasteiger partial charge in [0.1, 0.15) is 5.75 Å². The second-order valence-electron chi connectivity index (χ2n) is 4.87. The summed E-state index contributed by atoms with van der Waals surface area (Å²) in [5.74, 6) is 1.18. The molecule has 0 bridgehead atoms. The van der Waals surface area contributed by atoms with Gasteiger partial charge in [-0.2, -0.15) is 0 Å². The molecular formula is C13H17NO3S. The van der Waals surface area contributed by atoms with Crippen molar-refractivity contribution in [2.24, 2.45) is 4.99 Å². The van der Waals surface area contributed by atoms with Crippen LogP contribution in [0.15, 0.2) is 29.3 Å². The summed E-state index contributed by atoms with van der Waals surface area (Å²) in [5.41, 5.74) is 0.472. The highest BCUT2D eigenvalue weighted by molar-refractivity contribution is 7.91. The highest BCUT2D eigenvalue weighted by Gasteiger charge is 2.37. The highest BCUT2D eigenvalue weighted by Crippen LogP contribution is 2.26. The molecule has 1 atom stereocenters. The molecule has 2 rings (SSSR count). The Labute approximate surface area is 108 Å². The van der Waals surface area contributed by atoms with E-state index in [0.717, 1.165) is 11.3 Å². The first kappa shape index (κ1) is 13.1. The molecule has 0 aromatic heterocycles. The van der Waals surface area contributed by atoms with E-state index in [2.05, 4.69) is 4.99 Å². The Balaban J connectivity index is 2.11. The molecule has 0 unspecified atom stereocenters. The molecule has 18 heavy (non-hydrogen) atoms. The second-order valence-corrected chi connectivity index (χ2v) is 7.05. The lowest BCUT2D eigenvalue weighted by molar-refractivity contribution is 0.415. The molecule has 0 aliphatic carbocycles. The van der Waals surface area contributed by atoms with Gasteiger partial charge in [0.15, 0.2) is 9.84 Å². The molecule has 5 heteroatoms. The van der Waals surface area contributed by atoms with E-state index in [9.17, 15) is 8.42 Å². The largest absolute Gasteiger partial charge is 0.497 e. The fraction of sp³-hybridized carbons (Fsp3) is 0.462. The van der Waals surface area contributed by atoms with Crippen LogP contribution in [-0.2, 0) is 9.84 Å². The first-order valence-electron chi connectivity index (χ1n) is 5.82. The summed E-state index contributed by atoms with van der Waals surface area (Å²) in [6.45, 7) is 1.89. The molecule has 0 spiro atoms. The maximum absolute atomic E-state index is 11.5. The van der Waals surface area contributed by atoms with Crippen molar-refractivity contribution in [1.82, 2.24) is 0 Å². The van der Waals surface area contributed by atoms with Gasteiger partial charge in [-0.1, -0.05) is 0 Å². The lowest BCUT2D eigenvalue weighted by Gasteiger charge is -2.15. The van der Waals surface area contributed by atoms with Crippen LogP contribution in [-0.4, -0.2) is 38.8 Å². The van der Waals surface area contributed by atoms with E-state index in [-0.39, 0.29) is 11.5 Å². The molecule has 1 saturated heterocycles. The molecule has 1 aromatic rings. The summed E-state index contributed by atoms with van der Waals surface area (Å²) in [5, 5.41) is 0. The molecule has 0 N–H and O–H groups in total. The lowest BCUT2D eigenvalue weighted by atomic mass is 10.0. The van der Waals surface area contributed by atoms with Gasteiger partial charge in [-0.05, 0) is 43.2 Å². The van der Waals surface area contributed by atoms with E-state index in [4.69, 9.17) is 4.74 Å². The molecule has 0 radical (unpaired) electrons. The standard InChI is InChI=1S/C13H17NO3S/c1-13(7-8-18(15,16)10-13)14-9-11-3-5-12(17-2)6-4-11/h3-6,9H,7-8,10H2,1-2H3/t13-/m0/s1. The number of nitrogens with zero attached hydrogens (tertiary/aromatic N) is 1. The van der Waals surface area contributed by atoms with Crippen LogP contribution in [0, 0.1) is 0 Å². The number of methoxy groups -OCH3 is 1. The van der Waals surface area contributed by atoms with Crippen molar-refractivity contribution < 1.29 is 13.2 Å². The van der Waals surface area contributed by atoms with Gasteiger partial charge in [0.05, 0.1) is 24.2 Å². The lowest BCUT2D eigenvalue weighted by Crippen LogP contribution is -2.23. The van der Waals surface area contributed by atoms with Gasteiger partial charge in [-0.3, -0.25) is 4.99 Å². The third-order valence-corrected chi connectivity index (χ3v) is 5.01. The topological polar surface area (TPSA) is 55.7 Å². The van der Waals surface area contributed by atoms with E-state index < -0.39 is 15.4 Å². The minimum atomic E-state index is -2.90. The zero-order valence-electron chi connectivity index (χ0n) is 10.6. The Kier molecular flexibility index (Phi) is 3.43. The van der Waals surface area contributed by atoms with Crippen molar-refractivity contribution in [3.63, 3.8) is 0 Å². The number of rotatable bonds is 3. The van der Waals surface area contributed by atoms with Crippen LogP contribution in [0.4, 0.5) is 0 Å². The van der Waals surface area contributed by atoms with Gasteiger partial charge < -0.3 is 4.74 Å². The summed E-state index contributed by atoms with van der Waals surface area (Å²) < 4.78 is 28.0. The van der Waals surface area contributed by atoms with Crippen LogP contribution in [0.3, 0.4) is 0 Å². The molecule has 1 heterocycles. The predicted molar refractivity (Wildman–Crippen MR) is 72.3 cm³/mol. The van der Waals surface area contributed by atoms with Crippen molar-refractivity contribution in [2.45, 2.75) is 18.9 Å². The summed E-state index contributed by atoms with van der Waals surface area (Å²) in [6, 6.07) is 7.51.